The second-order valence-electron chi connectivity index (χ2n) is 3.84. The highest BCUT2D eigenvalue weighted by Crippen LogP contribution is 2.22. The van der Waals surface area contributed by atoms with Crippen LogP contribution >= 0.6 is 11.6 Å². The van der Waals surface area contributed by atoms with Gasteiger partial charge in [-0.15, -0.1) is 0 Å². The molecule has 1 rings (SSSR count). The predicted molar refractivity (Wildman–Crippen MR) is 58.4 cm³/mol. The molecule has 1 nitrogen and oxygen atoms in total. The SMILES string of the molecule is CC(CC(F)(F)F)NCc1cc(F)ccc1Cl. The minimum atomic E-state index is -4.21. The van der Waals surface area contributed by atoms with Gasteiger partial charge in [-0.2, -0.15) is 13.2 Å². The Morgan fingerprint density at radius 3 is 2.59 bits per heavy atom. The normalized spacial score (nSPS) is 13.8. The summed E-state index contributed by atoms with van der Waals surface area (Å²) in [7, 11) is 0. The Kier molecular flexibility index (Phi) is 4.77. The standard InChI is InChI=1S/C11H12ClF4N/c1-7(5-11(14,15)16)17-6-8-4-9(13)2-3-10(8)12/h2-4,7,17H,5-6H2,1H3. The van der Waals surface area contributed by atoms with E-state index in [0.29, 0.717) is 10.6 Å². The minimum Gasteiger partial charge on any atom is -0.310 e. The predicted octanol–water partition coefficient (Wildman–Crippen LogP) is 3.91. The Bertz CT molecular complexity index is 378. The molecule has 0 aliphatic heterocycles. The zero-order valence-electron chi connectivity index (χ0n) is 9.11. The van der Waals surface area contributed by atoms with E-state index in [1.807, 2.05) is 0 Å². The molecule has 0 aromatic heterocycles. The maximum absolute atomic E-state index is 12.9. The topological polar surface area (TPSA) is 12.0 Å². The van der Waals surface area contributed by atoms with E-state index in [1.165, 1.54) is 25.1 Å². The number of benzene rings is 1. The Morgan fingerprint density at radius 2 is 2.00 bits per heavy atom. The average molecular weight is 270 g/mol. The van der Waals surface area contributed by atoms with Crippen molar-refractivity contribution >= 4 is 11.6 Å². The molecule has 1 N–H and O–H groups in total. The molecule has 0 fully saturated rings. The molecule has 1 unspecified atom stereocenters. The van der Waals surface area contributed by atoms with Crippen molar-refractivity contribution < 1.29 is 17.6 Å². The molecule has 6 heteroatoms. The first-order chi connectivity index (χ1) is 7.78. The fourth-order valence-electron chi connectivity index (χ4n) is 1.38. The van der Waals surface area contributed by atoms with Crippen molar-refractivity contribution in [1.29, 1.82) is 0 Å². The van der Waals surface area contributed by atoms with Crippen LogP contribution in [0.15, 0.2) is 18.2 Å². The van der Waals surface area contributed by atoms with Gasteiger partial charge in [-0.25, -0.2) is 4.39 Å². The summed E-state index contributed by atoms with van der Waals surface area (Å²) in [6.45, 7) is 1.52. The summed E-state index contributed by atoms with van der Waals surface area (Å²) in [5.74, 6) is -0.463. The van der Waals surface area contributed by atoms with E-state index in [9.17, 15) is 17.6 Å². The Labute approximate surface area is 102 Å². The van der Waals surface area contributed by atoms with Gasteiger partial charge in [-0.1, -0.05) is 11.6 Å². The van der Waals surface area contributed by atoms with Crippen LogP contribution in [0.25, 0.3) is 0 Å². The van der Waals surface area contributed by atoms with Crippen LogP contribution in [0, 0.1) is 5.82 Å². The molecular formula is C11H12ClF4N. The maximum atomic E-state index is 12.9. The quantitative estimate of drug-likeness (QED) is 0.817. The molecule has 0 aliphatic rings. The molecule has 0 spiro atoms. The second-order valence-corrected chi connectivity index (χ2v) is 4.24. The van der Waals surface area contributed by atoms with Gasteiger partial charge in [0.25, 0.3) is 0 Å². The molecule has 1 atom stereocenters. The minimum absolute atomic E-state index is 0.105. The fourth-order valence-corrected chi connectivity index (χ4v) is 1.57. The molecule has 96 valence electrons. The molecule has 0 saturated carbocycles. The fraction of sp³-hybridized carbons (Fsp3) is 0.455. The van der Waals surface area contributed by atoms with E-state index < -0.39 is 24.5 Å². The highest BCUT2D eigenvalue weighted by molar-refractivity contribution is 6.31. The number of nitrogens with one attached hydrogen (secondary N) is 1. The lowest BCUT2D eigenvalue weighted by atomic mass is 10.2. The lowest BCUT2D eigenvalue weighted by Crippen LogP contribution is -2.30. The van der Waals surface area contributed by atoms with Crippen molar-refractivity contribution in [2.45, 2.75) is 32.1 Å². The van der Waals surface area contributed by atoms with Crippen molar-refractivity contribution in [2.24, 2.45) is 0 Å². The maximum Gasteiger partial charge on any atom is 0.390 e. The van der Waals surface area contributed by atoms with Crippen LogP contribution < -0.4 is 5.32 Å². The monoisotopic (exact) mass is 269 g/mol. The number of hydrogen-bond acceptors (Lipinski definition) is 1. The lowest BCUT2D eigenvalue weighted by molar-refractivity contribution is -0.139. The summed E-state index contributed by atoms with van der Waals surface area (Å²) < 4.78 is 49.0. The average Bonchev–Trinajstić information content (AvgIpc) is 2.17. The number of halogens is 5. The molecule has 17 heavy (non-hydrogen) atoms. The molecule has 0 heterocycles. The van der Waals surface area contributed by atoms with Gasteiger partial charge in [-0.05, 0) is 30.7 Å². The zero-order chi connectivity index (χ0) is 13.1. The van der Waals surface area contributed by atoms with Crippen LogP contribution in [0.5, 0.6) is 0 Å². The van der Waals surface area contributed by atoms with E-state index in [2.05, 4.69) is 5.32 Å². The van der Waals surface area contributed by atoms with Crippen molar-refractivity contribution in [3.05, 3.63) is 34.6 Å². The summed E-state index contributed by atoms with van der Waals surface area (Å²) >= 11 is 5.78. The van der Waals surface area contributed by atoms with Gasteiger partial charge in [0.2, 0.25) is 0 Å². The number of alkyl halides is 3. The first-order valence-electron chi connectivity index (χ1n) is 5.02. The van der Waals surface area contributed by atoms with Gasteiger partial charge in [0.1, 0.15) is 5.82 Å². The molecule has 1 aromatic rings. The molecule has 0 radical (unpaired) electrons. The smallest absolute Gasteiger partial charge is 0.310 e. The van der Waals surface area contributed by atoms with Gasteiger partial charge >= 0.3 is 6.18 Å². The van der Waals surface area contributed by atoms with E-state index in [-0.39, 0.29) is 6.54 Å². The third-order valence-electron chi connectivity index (χ3n) is 2.19. The lowest BCUT2D eigenvalue weighted by Gasteiger charge is -2.16. The summed E-state index contributed by atoms with van der Waals surface area (Å²) in [6, 6.07) is 3.04. The van der Waals surface area contributed by atoms with E-state index in [0.717, 1.165) is 0 Å². The molecule has 0 amide bonds. The van der Waals surface area contributed by atoms with Gasteiger partial charge in [0.05, 0.1) is 6.42 Å². The zero-order valence-corrected chi connectivity index (χ0v) is 9.87. The van der Waals surface area contributed by atoms with Gasteiger partial charge in [0, 0.05) is 17.6 Å². The van der Waals surface area contributed by atoms with E-state index in [4.69, 9.17) is 11.6 Å². The van der Waals surface area contributed by atoms with Gasteiger partial charge in [-0.3, -0.25) is 0 Å². The Balaban J connectivity index is 2.53. The van der Waals surface area contributed by atoms with E-state index >= 15 is 0 Å². The third kappa shape index (κ3) is 5.37. The van der Waals surface area contributed by atoms with Crippen LogP contribution in [-0.4, -0.2) is 12.2 Å². The summed E-state index contributed by atoms with van der Waals surface area (Å²) in [5, 5.41) is 2.98. The summed E-state index contributed by atoms with van der Waals surface area (Å²) in [6.07, 6.45) is -5.14. The van der Waals surface area contributed by atoms with Gasteiger partial charge in [0.15, 0.2) is 0 Å². The number of rotatable bonds is 4. The van der Waals surface area contributed by atoms with Crippen LogP contribution in [0.3, 0.4) is 0 Å². The second kappa shape index (κ2) is 5.69. The molecule has 0 bridgehead atoms. The van der Waals surface area contributed by atoms with Gasteiger partial charge < -0.3 is 5.32 Å². The van der Waals surface area contributed by atoms with Crippen molar-refractivity contribution in [3.8, 4) is 0 Å². The van der Waals surface area contributed by atoms with Crippen LogP contribution in [-0.2, 0) is 6.54 Å². The van der Waals surface area contributed by atoms with Crippen molar-refractivity contribution in [1.82, 2.24) is 5.32 Å². The van der Waals surface area contributed by atoms with Crippen LogP contribution in [0.2, 0.25) is 5.02 Å². The Hall–Kier alpha value is -0.810. The highest BCUT2D eigenvalue weighted by Gasteiger charge is 2.29. The van der Waals surface area contributed by atoms with Crippen LogP contribution in [0.1, 0.15) is 18.9 Å². The first-order valence-corrected chi connectivity index (χ1v) is 5.40. The van der Waals surface area contributed by atoms with E-state index in [1.54, 1.807) is 0 Å². The highest BCUT2D eigenvalue weighted by atomic mass is 35.5. The molecule has 0 aliphatic carbocycles. The molecular weight excluding hydrogens is 258 g/mol. The molecule has 0 saturated heterocycles. The summed E-state index contributed by atoms with van der Waals surface area (Å²) in [4.78, 5) is 0. The first kappa shape index (κ1) is 14.3. The largest absolute Gasteiger partial charge is 0.390 e. The summed E-state index contributed by atoms with van der Waals surface area (Å²) in [5.41, 5.74) is 0.445. The van der Waals surface area contributed by atoms with Crippen LogP contribution in [0.4, 0.5) is 17.6 Å². The molecule has 1 aromatic carbocycles. The Morgan fingerprint density at radius 1 is 1.35 bits per heavy atom. The van der Waals surface area contributed by atoms with Crippen molar-refractivity contribution in [2.75, 3.05) is 0 Å². The number of hydrogen-bond donors (Lipinski definition) is 1. The van der Waals surface area contributed by atoms with Crippen molar-refractivity contribution in [3.63, 3.8) is 0 Å². The third-order valence-corrected chi connectivity index (χ3v) is 2.56.